The van der Waals surface area contributed by atoms with Crippen LogP contribution < -0.4 is 5.32 Å². The summed E-state index contributed by atoms with van der Waals surface area (Å²) in [5.74, 6) is 0.296. The smallest absolute Gasteiger partial charge is 0.274 e. The van der Waals surface area contributed by atoms with Crippen molar-refractivity contribution in [3.63, 3.8) is 0 Å². The molecule has 1 N–H and O–H groups in total. The van der Waals surface area contributed by atoms with Crippen molar-refractivity contribution in [2.45, 2.75) is 13.3 Å². The molecule has 1 aliphatic heterocycles. The van der Waals surface area contributed by atoms with Gasteiger partial charge in [-0.25, -0.2) is 4.39 Å². The van der Waals surface area contributed by atoms with Crippen molar-refractivity contribution in [2.24, 2.45) is 0 Å². The van der Waals surface area contributed by atoms with Crippen molar-refractivity contribution in [3.05, 3.63) is 53.5 Å². The van der Waals surface area contributed by atoms with Crippen LogP contribution >= 0.6 is 0 Å². The number of amides is 1. The molecule has 1 aliphatic rings. The third-order valence-electron chi connectivity index (χ3n) is 4.65. The fourth-order valence-electron chi connectivity index (χ4n) is 3.00. The third kappa shape index (κ3) is 4.54. The summed E-state index contributed by atoms with van der Waals surface area (Å²) < 4.78 is 13.6. The number of hydrogen-bond donors (Lipinski definition) is 1. The number of anilines is 1. The molecule has 0 bridgehead atoms. The van der Waals surface area contributed by atoms with Gasteiger partial charge >= 0.3 is 0 Å². The second kappa shape index (κ2) is 8.71. The summed E-state index contributed by atoms with van der Waals surface area (Å²) >= 11 is 0. The van der Waals surface area contributed by atoms with Crippen LogP contribution in [0.1, 0.15) is 23.0 Å². The normalized spacial score (nSPS) is 15.1. The molecule has 3 rings (SSSR count). The van der Waals surface area contributed by atoms with E-state index in [4.69, 9.17) is 0 Å². The number of hydrogen-bond acceptors (Lipinski definition) is 5. The van der Waals surface area contributed by atoms with Crippen molar-refractivity contribution in [3.8, 4) is 0 Å². The molecule has 0 unspecified atom stereocenters. The first kappa shape index (κ1) is 18.3. The van der Waals surface area contributed by atoms with Gasteiger partial charge < -0.3 is 15.1 Å². The Morgan fingerprint density at radius 3 is 2.54 bits per heavy atom. The summed E-state index contributed by atoms with van der Waals surface area (Å²) in [7, 11) is 0. The van der Waals surface area contributed by atoms with Crippen LogP contribution in [0.5, 0.6) is 0 Å². The average Bonchev–Trinajstić information content (AvgIpc) is 2.69. The van der Waals surface area contributed by atoms with E-state index in [0.717, 1.165) is 32.7 Å². The maximum absolute atomic E-state index is 13.6. The maximum Gasteiger partial charge on any atom is 0.274 e. The predicted octanol–water partition coefficient (Wildman–Crippen LogP) is 2.05. The Balaban J connectivity index is 1.50. The highest BCUT2D eigenvalue weighted by atomic mass is 19.1. The highest BCUT2D eigenvalue weighted by Crippen LogP contribution is 2.10. The lowest BCUT2D eigenvalue weighted by molar-refractivity contribution is 0.0636. The molecule has 0 saturated carbocycles. The van der Waals surface area contributed by atoms with E-state index in [0.29, 0.717) is 30.0 Å². The summed E-state index contributed by atoms with van der Waals surface area (Å²) in [5.41, 5.74) is 1.01. The van der Waals surface area contributed by atoms with Crippen molar-refractivity contribution in [1.29, 1.82) is 0 Å². The molecule has 0 radical (unpaired) electrons. The molecule has 1 saturated heterocycles. The minimum absolute atomic E-state index is 0.0776. The topological polar surface area (TPSA) is 61.4 Å². The third-order valence-corrected chi connectivity index (χ3v) is 4.65. The zero-order valence-electron chi connectivity index (χ0n) is 15.0. The lowest BCUT2D eigenvalue weighted by Crippen LogP contribution is -2.48. The first-order valence-corrected chi connectivity index (χ1v) is 9.00. The molecule has 6 nitrogen and oxygen atoms in total. The van der Waals surface area contributed by atoms with E-state index in [9.17, 15) is 9.18 Å². The molecule has 0 atom stereocenters. The number of rotatable bonds is 6. The summed E-state index contributed by atoms with van der Waals surface area (Å²) in [6.45, 7) is 6.91. The Bertz CT molecular complexity index is 729. The van der Waals surface area contributed by atoms with Crippen LogP contribution in [0.4, 0.5) is 10.2 Å². The van der Waals surface area contributed by atoms with Crippen molar-refractivity contribution >= 4 is 11.7 Å². The van der Waals surface area contributed by atoms with E-state index < -0.39 is 0 Å². The minimum atomic E-state index is -0.204. The van der Waals surface area contributed by atoms with Gasteiger partial charge in [-0.3, -0.25) is 4.79 Å². The van der Waals surface area contributed by atoms with Gasteiger partial charge in [-0.2, -0.15) is 0 Å². The van der Waals surface area contributed by atoms with Gasteiger partial charge in [0.1, 0.15) is 11.6 Å². The molecular weight excluding hydrogens is 333 g/mol. The van der Waals surface area contributed by atoms with Gasteiger partial charge in [0, 0.05) is 32.7 Å². The van der Waals surface area contributed by atoms with Crippen LogP contribution in [0.15, 0.2) is 36.4 Å². The highest BCUT2D eigenvalue weighted by molar-refractivity contribution is 5.92. The van der Waals surface area contributed by atoms with Crippen molar-refractivity contribution in [1.82, 2.24) is 20.0 Å². The zero-order chi connectivity index (χ0) is 18.4. The van der Waals surface area contributed by atoms with E-state index >= 15 is 0 Å². The molecule has 26 heavy (non-hydrogen) atoms. The molecule has 1 aromatic heterocycles. The van der Waals surface area contributed by atoms with Crippen LogP contribution in [0, 0.1) is 5.82 Å². The molecule has 1 amide bonds. The number of piperazine rings is 1. The molecular formula is C19H24FN5O. The number of nitrogens with one attached hydrogen (secondary N) is 1. The van der Waals surface area contributed by atoms with Gasteiger partial charge in [-0.15, -0.1) is 10.2 Å². The molecule has 0 spiro atoms. The molecule has 7 heteroatoms. The molecule has 2 heterocycles. The Kier molecular flexibility index (Phi) is 6.12. The standard InChI is InChI=1S/C19H24FN5O/c1-2-24-11-13-25(14-12-24)19(26)17-7-8-18(23-22-17)21-10-9-15-5-3-4-6-16(15)20/h3-8H,2,9-14H2,1H3,(H,21,23). The minimum Gasteiger partial charge on any atom is -0.368 e. The lowest BCUT2D eigenvalue weighted by Gasteiger charge is -2.33. The Morgan fingerprint density at radius 1 is 1.12 bits per heavy atom. The molecule has 2 aromatic rings. The van der Waals surface area contributed by atoms with Crippen LogP contribution in [-0.2, 0) is 6.42 Å². The van der Waals surface area contributed by atoms with Crippen molar-refractivity contribution in [2.75, 3.05) is 44.6 Å². The van der Waals surface area contributed by atoms with Gasteiger partial charge in [-0.1, -0.05) is 25.1 Å². The number of nitrogens with zero attached hydrogens (tertiary/aromatic N) is 4. The van der Waals surface area contributed by atoms with Gasteiger partial charge in [0.2, 0.25) is 0 Å². The fraction of sp³-hybridized carbons (Fsp3) is 0.421. The molecule has 1 fully saturated rings. The van der Waals surface area contributed by atoms with E-state index in [1.165, 1.54) is 6.07 Å². The van der Waals surface area contributed by atoms with E-state index in [-0.39, 0.29) is 11.7 Å². The molecule has 0 aliphatic carbocycles. The highest BCUT2D eigenvalue weighted by Gasteiger charge is 2.22. The largest absolute Gasteiger partial charge is 0.368 e. The number of halogens is 1. The van der Waals surface area contributed by atoms with E-state index in [1.54, 1.807) is 24.3 Å². The Labute approximate surface area is 153 Å². The van der Waals surface area contributed by atoms with Crippen LogP contribution in [0.2, 0.25) is 0 Å². The Hall–Kier alpha value is -2.54. The molecule has 1 aromatic carbocycles. The van der Waals surface area contributed by atoms with E-state index in [2.05, 4.69) is 27.3 Å². The van der Waals surface area contributed by atoms with Crippen molar-refractivity contribution < 1.29 is 9.18 Å². The average molecular weight is 357 g/mol. The number of carbonyl (C=O) groups excluding carboxylic acids is 1. The van der Waals surface area contributed by atoms with Crippen LogP contribution in [0.25, 0.3) is 0 Å². The first-order valence-electron chi connectivity index (χ1n) is 9.00. The second-order valence-corrected chi connectivity index (χ2v) is 6.30. The van der Waals surface area contributed by atoms with Gasteiger partial charge in [-0.05, 0) is 36.7 Å². The fourth-order valence-corrected chi connectivity index (χ4v) is 3.00. The van der Waals surface area contributed by atoms with Gasteiger partial charge in [0.15, 0.2) is 5.69 Å². The predicted molar refractivity (Wildman–Crippen MR) is 98.6 cm³/mol. The molecule has 138 valence electrons. The van der Waals surface area contributed by atoms with Crippen LogP contribution in [-0.4, -0.2) is 65.2 Å². The zero-order valence-corrected chi connectivity index (χ0v) is 15.0. The summed E-state index contributed by atoms with van der Waals surface area (Å²) in [6.07, 6.45) is 0.552. The first-order chi connectivity index (χ1) is 12.7. The van der Waals surface area contributed by atoms with Gasteiger partial charge in [0.25, 0.3) is 5.91 Å². The van der Waals surface area contributed by atoms with E-state index in [1.807, 2.05) is 11.0 Å². The number of likely N-dealkylation sites (N-methyl/N-ethyl adjacent to an activating group) is 1. The SMILES string of the molecule is CCN1CCN(C(=O)c2ccc(NCCc3ccccc3F)nn2)CC1. The van der Waals surface area contributed by atoms with Gasteiger partial charge in [0.05, 0.1) is 0 Å². The Morgan fingerprint density at radius 2 is 1.88 bits per heavy atom. The maximum atomic E-state index is 13.6. The summed E-state index contributed by atoms with van der Waals surface area (Å²) in [5, 5.41) is 11.2. The lowest BCUT2D eigenvalue weighted by atomic mass is 10.1. The summed E-state index contributed by atoms with van der Waals surface area (Å²) in [6, 6.07) is 10.1. The van der Waals surface area contributed by atoms with Crippen LogP contribution in [0.3, 0.4) is 0 Å². The monoisotopic (exact) mass is 357 g/mol. The second-order valence-electron chi connectivity index (χ2n) is 6.30. The number of carbonyl (C=O) groups is 1. The number of aromatic nitrogens is 2. The number of benzene rings is 1. The quantitative estimate of drug-likeness (QED) is 0.857. The summed E-state index contributed by atoms with van der Waals surface area (Å²) in [4.78, 5) is 16.6.